The molecular formula is C13H13FN2O. The van der Waals surface area contributed by atoms with Gasteiger partial charge in [0.2, 0.25) is 0 Å². The largest absolute Gasteiger partial charge is 0.486 e. The van der Waals surface area contributed by atoms with Crippen LogP contribution in [0, 0.1) is 12.7 Å². The summed E-state index contributed by atoms with van der Waals surface area (Å²) in [6.45, 7) is 1.97. The predicted molar refractivity (Wildman–Crippen MR) is 64.1 cm³/mol. The molecule has 1 aromatic heterocycles. The highest BCUT2D eigenvalue weighted by molar-refractivity contribution is 5.33. The number of halogens is 1. The summed E-state index contributed by atoms with van der Waals surface area (Å²) in [6.07, 6.45) is 1.60. The summed E-state index contributed by atoms with van der Waals surface area (Å²) in [5.41, 5.74) is 6.97. The Kier molecular flexibility index (Phi) is 3.23. The van der Waals surface area contributed by atoms with Gasteiger partial charge in [0, 0.05) is 6.20 Å². The molecule has 0 spiro atoms. The van der Waals surface area contributed by atoms with E-state index < -0.39 is 0 Å². The lowest BCUT2D eigenvalue weighted by atomic mass is 10.2. The lowest BCUT2D eigenvalue weighted by Crippen LogP contribution is -2.00. The van der Waals surface area contributed by atoms with Gasteiger partial charge in [0.05, 0.1) is 0 Å². The van der Waals surface area contributed by atoms with Gasteiger partial charge in [0.1, 0.15) is 12.4 Å². The van der Waals surface area contributed by atoms with Crippen molar-refractivity contribution in [3.8, 4) is 5.75 Å². The van der Waals surface area contributed by atoms with E-state index in [4.69, 9.17) is 10.5 Å². The van der Waals surface area contributed by atoms with E-state index in [2.05, 4.69) is 4.98 Å². The molecule has 2 rings (SSSR count). The highest BCUT2D eigenvalue weighted by atomic mass is 19.1. The summed E-state index contributed by atoms with van der Waals surface area (Å²) in [5, 5.41) is 0. The first-order valence-corrected chi connectivity index (χ1v) is 5.25. The van der Waals surface area contributed by atoms with E-state index >= 15 is 0 Å². The standard InChI is InChI=1S/C13H13FN2O/c1-9-3-2-4-11(13(9)14)17-8-10-5-6-16-12(15)7-10/h2-7H,8H2,1H3,(H2,15,16). The van der Waals surface area contributed by atoms with Crippen molar-refractivity contribution in [2.75, 3.05) is 5.73 Å². The minimum Gasteiger partial charge on any atom is -0.486 e. The molecule has 88 valence electrons. The first-order chi connectivity index (χ1) is 8.16. The van der Waals surface area contributed by atoms with Crippen LogP contribution < -0.4 is 10.5 Å². The van der Waals surface area contributed by atoms with E-state index in [1.165, 1.54) is 0 Å². The van der Waals surface area contributed by atoms with Gasteiger partial charge in [0.25, 0.3) is 0 Å². The summed E-state index contributed by atoms with van der Waals surface area (Å²) < 4.78 is 19.0. The van der Waals surface area contributed by atoms with Crippen molar-refractivity contribution in [2.24, 2.45) is 0 Å². The molecule has 1 heterocycles. The molecule has 0 radical (unpaired) electrons. The van der Waals surface area contributed by atoms with Crippen LogP contribution in [0.2, 0.25) is 0 Å². The van der Waals surface area contributed by atoms with E-state index in [0.717, 1.165) is 5.56 Å². The Labute approximate surface area is 99.1 Å². The highest BCUT2D eigenvalue weighted by Crippen LogP contribution is 2.20. The molecule has 0 saturated heterocycles. The van der Waals surface area contributed by atoms with Crippen LogP contribution in [0.25, 0.3) is 0 Å². The number of nitrogen functional groups attached to an aromatic ring is 1. The topological polar surface area (TPSA) is 48.1 Å². The zero-order valence-electron chi connectivity index (χ0n) is 9.48. The number of aryl methyl sites for hydroxylation is 1. The van der Waals surface area contributed by atoms with Crippen molar-refractivity contribution in [3.05, 3.63) is 53.5 Å². The summed E-state index contributed by atoms with van der Waals surface area (Å²) in [7, 11) is 0. The van der Waals surface area contributed by atoms with E-state index in [0.29, 0.717) is 11.4 Å². The number of rotatable bonds is 3. The number of hydrogen-bond acceptors (Lipinski definition) is 3. The zero-order chi connectivity index (χ0) is 12.3. The Hall–Kier alpha value is -2.10. The molecule has 17 heavy (non-hydrogen) atoms. The van der Waals surface area contributed by atoms with Crippen LogP contribution in [0.1, 0.15) is 11.1 Å². The van der Waals surface area contributed by atoms with Gasteiger partial charge < -0.3 is 10.5 Å². The van der Waals surface area contributed by atoms with Crippen molar-refractivity contribution >= 4 is 5.82 Å². The summed E-state index contributed by atoms with van der Waals surface area (Å²) in [4.78, 5) is 3.87. The zero-order valence-corrected chi connectivity index (χ0v) is 9.48. The summed E-state index contributed by atoms with van der Waals surface area (Å²) in [6, 6.07) is 8.55. The number of nitrogens with zero attached hydrogens (tertiary/aromatic N) is 1. The Balaban J connectivity index is 2.10. The molecule has 0 aliphatic carbocycles. The third-order valence-electron chi connectivity index (χ3n) is 2.40. The van der Waals surface area contributed by atoms with Crippen LogP contribution in [-0.2, 0) is 6.61 Å². The van der Waals surface area contributed by atoms with Crippen LogP contribution in [0.15, 0.2) is 36.5 Å². The average Bonchev–Trinajstić information content (AvgIpc) is 2.31. The molecule has 3 nitrogen and oxygen atoms in total. The van der Waals surface area contributed by atoms with Crippen molar-refractivity contribution in [3.63, 3.8) is 0 Å². The maximum atomic E-state index is 13.6. The fraction of sp³-hybridized carbons (Fsp3) is 0.154. The maximum Gasteiger partial charge on any atom is 0.167 e. The number of benzene rings is 1. The van der Waals surface area contributed by atoms with Crippen molar-refractivity contribution in [1.29, 1.82) is 0 Å². The van der Waals surface area contributed by atoms with Gasteiger partial charge >= 0.3 is 0 Å². The fourth-order valence-electron chi connectivity index (χ4n) is 1.48. The monoisotopic (exact) mass is 232 g/mol. The van der Waals surface area contributed by atoms with Gasteiger partial charge in [0.15, 0.2) is 11.6 Å². The minimum absolute atomic E-state index is 0.250. The van der Waals surface area contributed by atoms with Gasteiger partial charge in [-0.3, -0.25) is 0 Å². The molecule has 0 saturated carbocycles. The molecule has 0 bridgehead atoms. The Morgan fingerprint density at radius 3 is 2.94 bits per heavy atom. The second-order valence-electron chi connectivity index (χ2n) is 3.76. The highest BCUT2D eigenvalue weighted by Gasteiger charge is 2.05. The molecule has 0 fully saturated rings. The fourth-order valence-corrected chi connectivity index (χ4v) is 1.48. The molecule has 4 heteroatoms. The molecule has 0 amide bonds. The van der Waals surface area contributed by atoms with E-state index in [9.17, 15) is 4.39 Å². The van der Waals surface area contributed by atoms with Crippen molar-refractivity contribution in [1.82, 2.24) is 4.98 Å². The molecule has 0 aliphatic heterocycles. The van der Waals surface area contributed by atoms with E-state index in [-0.39, 0.29) is 18.2 Å². The normalized spacial score (nSPS) is 10.2. The Bertz CT molecular complexity index is 529. The third-order valence-corrected chi connectivity index (χ3v) is 2.40. The smallest absolute Gasteiger partial charge is 0.167 e. The maximum absolute atomic E-state index is 13.6. The van der Waals surface area contributed by atoms with Crippen LogP contribution >= 0.6 is 0 Å². The van der Waals surface area contributed by atoms with Gasteiger partial charge in [-0.1, -0.05) is 12.1 Å². The molecule has 0 atom stereocenters. The van der Waals surface area contributed by atoms with Gasteiger partial charge in [-0.15, -0.1) is 0 Å². The quantitative estimate of drug-likeness (QED) is 0.885. The summed E-state index contributed by atoms with van der Waals surface area (Å²) in [5.74, 6) is 0.353. The number of ether oxygens (including phenoxy) is 1. The second kappa shape index (κ2) is 4.82. The first kappa shape index (κ1) is 11.4. The van der Waals surface area contributed by atoms with Crippen LogP contribution in [0.5, 0.6) is 5.75 Å². The lowest BCUT2D eigenvalue weighted by molar-refractivity contribution is 0.289. The van der Waals surface area contributed by atoms with Crippen LogP contribution in [0.4, 0.5) is 10.2 Å². The summed E-state index contributed by atoms with van der Waals surface area (Å²) >= 11 is 0. The molecular weight excluding hydrogens is 219 g/mol. The SMILES string of the molecule is Cc1cccc(OCc2ccnc(N)c2)c1F. The van der Waals surface area contributed by atoms with Crippen LogP contribution in [0.3, 0.4) is 0 Å². The number of anilines is 1. The van der Waals surface area contributed by atoms with Gasteiger partial charge in [-0.2, -0.15) is 0 Å². The van der Waals surface area contributed by atoms with Gasteiger partial charge in [-0.25, -0.2) is 9.37 Å². The van der Waals surface area contributed by atoms with Crippen molar-refractivity contribution < 1.29 is 9.13 Å². The molecule has 0 unspecified atom stereocenters. The van der Waals surface area contributed by atoms with E-state index in [1.54, 1.807) is 43.5 Å². The number of hydrogen-bond donors (Lipinski definition) is 1. The molecule has 2 N–H and O–H groups in total. The number of aromatic nitrogens is 1. The second-order valence-corrected chi connectivity index (χ2v) is 3.76. The lowest BCUT2D eigenvalue weighted by Gasteiger charge is -2.08. The minimum atomic E-state index is -0.325. The molecule has 0 aliphatic rings. The van der Waals surface area contributed by atoms with Gasteiger partial charge in [-0.05, 0) is 36.2 Å². The molecule has 2 aromatic rings. The van der Waals surface area contributed by atoms with Crippen molar-refractivity contribution in [2.45, 2.75) is 13.5 Å². The number of pyridine rings is 1. The Morgan fingerprint density at radius 2 is 2.18 bits per heavy atom. The average molecular weight is 232 g/mol. The predicted octanol–water partition coefficient (Wildman–Crippen LogP) is 2.69. The number of nitrogens with two attached hydrogens (primary N) is 1. The molecule has 1 aromatic carbocycles. The Morgan fingerprint density at radius 1 is 1.35 bits per heavy atom. The van der Waals surface area contributed by atoms with E-state index in [1.807, 2.05) is 0 Å². The van der Waals surface area contributed by atoms with Crippen LogP contribution in [-0.4, -0.2) is 4.98 Å². The third kappa shape index (κ3) is 2.72. The first-order valence-electron chi connectivity index (χ1n) is 5.25.